The van der Waals surface area contributed by atoms with Gasteiger partial charge in [-0.3, -0.25) is 9.59 Å². The van der Waals surface area contributed by atoms with Gasteiger partial charge >= 0.3 is 0 Å². The summed E-state index contributed by atoms with van der Waals surface area (Å²) in [6.45, 7) is 0.369. The van der Waals surface area contributed by atoms with Crippen molar-refractivity contribution in [2.45, 2.75) is 38.6 Å². The fraction of sp³-hybridized carbons (Fsp3) is 0.292. The van der Waals surface area contributed by atoms with Gasteiger partial charge in [0, 0.05) is 29.4 Å². The SMILES string of the molecule is O=C(NCc1ccc(NC(=O)C2CC2)cc1)c1nn(-c2ccc(F)cc2)c2c1CCC2. The summed E-state index contributed by atoms with van der Waals surface area (Å²) in [6.07, 6.45) is 4.57. The second-order valence-corrected chi connectivity index (χ2v) is 8.16. The number of benzene rings is 2. The van der Waals surface area contributed by atoms with E-state index in [1.54, 1.807) is 16.8 Å². The van der Waals surface area contributed by atoms with Gasteiger partial charge in [-0.2, -0.15) is 5.10 Å². The fourth-order valence-electron chi connectivity index (χ4n) is 3.98. The quantitative estimate of drug-likeness (QED) is 0.640. The Morgan fingerprint density at radius 3 is 2.48 bits per heavy atom. The Balaban J connectivity index is 1.27. The van der Waals surface area contributed by atoms with Crippen LogP contribution < -0.4 is 10.6 Å². The molecule has 0 radical (unpaired) electrons. The predicted molar refractivity (Wildman–Crippen MR) is 115 cm³/mol. The van der Waals surface area contributed by atoms with Crippen molar-refractivity contribution in [3.05, 3.63) is 76.9 Å². The Bertz CT molecular complexity index is 1130. The van der Waals surface area contributed by atoms with Gasteiger partial charge in [0.05, 0.1) is 5.69 Å². The number of hydrogen-bond donors (Lipinski definition) is 2. The summed E-state index contributed by atoms with van der Waals surface area (Å²) < 4.78 is 15.0. The second-order valence-electron chi connectivity index (χ2n) is 8.16. The number of nitrogens with one attached hydrogen (secondary N) is 2. The Hall–Kier alpha value is -3.48. The number of amides is 2. The summed E-state index contributed by atoms with van der Waals surface area (Å²) in [5.74, 6) is -0.282. The predicted octanol–water partition coefficient (Wildman–Crippen LogP) is 3.78. The lowest BCUT2D eigenvalue weighted by atomic mass is 10.1. The Morgan fingerprint density at radius 2 is 1.77 bits per heavy atom. The van der Waals surface area contributed by atoms with Gasteiger partial charge < -0.3 is 10.6 Å². The molecule has 2 aromatic carbocycles. The van der Waals surface area contributed by atoms with Crippen LogP contribution in [0.3, 0.4) is 0 Å². The number of nitrogens with zero attached hydrogens (tertiary/aromatic N) is 2. The zero-order chi connectivity index (χ0) is 21.4. The molecule has 0 unspecified atom stereocenters. The van der Waals surface area contributed by atoms with Crippen LogP contribution in [0.25, 0.3) is 5.69 Å². The number of anilines is 1. The van der Waals surface area contributed by atoms with E-state index in [0.717, 1.165) is 60.3 Å². The van der Waals surface area contributed by atoms with Gasteiger partial charge in [0.25, 0.3) is 5.91 Å². The highest BCUT2D eigenvalue weighted by atomic mass is 19.1. The zero-order valence-electron chi connectivity index (χ0n) is 17.0. The minimum atomic E-state index is -0.302. The van der Waals surface area contributed by atoms with Crippen LogP contribution in [0.5, 0.6) is 0 Å². The van der Waals surface area contributed by atoms with E-state index in [-0.39, 0.29) is 23.5 Å². The fourth-order valence-corrected chi connectivity index (χ4v) is 3.98. The average molecular weight is 418 g/mol. The third-order valence-corrected chi connectivity index (χ3v) is 5.84. The average Bonchev–Trinajstić information content (AvgIpc) is 3.42. The molecule has 7 heteroatoms. The first-order valence-electron chi connectivity index (χ1n) is 10.6. The van der Waals surface area contributed by atoms with Crippen LogP contribution in [0.15, 0.2) is 48.5 Å². The third kappa shape index (κ3) is 4.08. The Labute approximate surface area is 179 Å². The van der Waals surface area contributed by atoms with E-state index in [4.69, 9.17) is 0 Å². The van der Waals surface area contributed by atoms with Crippen molar-refractivity contribution in [3.8, 4) is 5.69 Å². The van der Waals surface area contributed by atoms with Crippen LogP contribution >= 0.6 is 0 Å². The smallest absolute Gasteiger partial charge is 0.272 e. The summed E-state index contributed by atoms with van der Waals surface area (Å²) in [7, 11) is 0. The lowest BCUT2D eigenvalue weighted by Gasteiger charge is -2.07. The van der Waals surface area contributed by atoms with Crippen molar-refractivity contribution >= 4 is 17.5 Å². The van der Waals surface area contributed by atoms with Crippen LogP contribution in [0.1, 0.15) is 46.6 Å². The van der Waals surface area contributed by atoms with Gasteiger partial charge in [-0.05, 0) is 74.1 Å². The van der Waals surface area contributed by atoms with Gasteiger partial charge in [-0.15, -0.1) is 0 Å². The van der Waals surface area contributed by atoms with Gasteiger partial charge in [0.1, 0.15) is 5.82 Å². The minimum absolute atomic E-state index is 0.0756. The molecule has 3 aromatic rings. The van der Waals surface area contributed by atoms with E-state index in [2.05, 4.69) is 15.7 Å². The summed E-state index contributed by atoms with van der Waals surface area (Å²) in [5, 5.41) is 10.4. The van der Waals surface area contributed by atoms with Gasteiger partial charge in [-0.25, -0.2) is 9.07 Å². The third-order valence-electron chi connectivity index (χ3n) is 5.84. The summed E-state index contributed by atoms with van der Waals surface area (Å²) in [6, 6.07) is 13.6. The molecule has 1 heterocycles. The standard InChI is InChI=1S/C24H23FN4O2/c25-17-8-12-19(13-9-17)29-21-3-1-2-20(21)22(28-29)24(31)26-14-15-4-10-18(11-5-15)27-23(30)16-6-7-16/h4-5,8-13,16H,1-3,6-7,14H2,(H,26,31)(H,27,30). The van der Waals surface area contributed by atoms with Crippen LogP contribution in [0.4, 0.5) is 10.1 Å². The maximum Gasteiger partial charge on any atom is 0.272 e. The molecule has 1 aromatic heterocycles. The van der Waals surface area contributed by atoms with Crippen LogP contribution in [0, 0.1) is 11.7 Å². The molecule has 2 N–H and O–H groups in total. The highest BCUT2D eigenvalue weighted by Gasteiger charge is 2.29. The number of fused-ring (bicyclic) bond motifs is 1. The molecule has 158 valence electrons. The molecule has 2 aliphatic carbocycles. The molecule has 0 spiro atoms. The monoisotopic (exact) mass is 418 g/mol. The summed E-state index contributed by atoms with van der Waals surface area (Å²) in [4.78, 5) is 24.7. The largest absolute Gasteiger partial charge is 0.347 e. The molecule has 5 rings (SSSR count). The lowest BCUT2D eigenvalue weighted by molar-refractivity contribution is -0.117. The van der Waals surface area contributed by atoms with Crippen LogP contribution in [-0.4, -0.2) is 21.6 Å². The van der Waals surface area contributed by atoms with Crippen LogP contribution in [0.2, 0.25) is 0 Å². The first kappa shape index (κ1) is 19.5. The Kier molecular flexibility index (Phi) is 5.02. The second kappa shape index (κ2) is 7.98. The van der Waals surface area contributed by atoms with Crippen molar-refractivity contribution < 1.29 is 14.0 Å². The van der Waals surface area contributed by atoms with Gasteiger partial charge in [0.15, 0.2) is 5.69 Å². The van der Waals surface area contributed by atoms with E-state index in [1.165, 1.54) is 12.1 Å². The van der Waals surface area contributed by atoms with Crippen LogP contribution in [-0.2, 0) is 24.2 Å². The van der Waals surface area contributed by atoms with E-state index >= 15 is 0 Å². The van der Waals surface area contributed by atoms with E-state index in [9.17, 15) is 14.0 Å². The van der Waals surface area contributed by atoms with Crippen molar-refractivity contribution in [2.75, 3.05) is 5.32 Å². The van der Waals surface area contributed by atoms with Crippen molar-refractivity contribution in [3.63, 3.8) is 0 Å². The highest BCUT2D eigenvalue weighted by Crippen LogP contribution is 2.30. The van der Waals surface area contributed by atoms with E-state index in [1.807, 2.05) is 24.3 Å². The lowest BCUT2D eigenvalue weighted by Crippen LogP contribution is -2.24. The van der Waals surface area contributed by atoms with Crippen molar-refractivity contribution in [2.24, 2.45) is 5.92 Å². The number of rotatable bonds is 6. The molecule has 0 saturated heterocycles. The molecule has 6 nitrogen and oxygen atoms in total. The number of halogens is 1. The highest BCUT2D eigenvalue weighted by molar-refractivity contribution is 5.95. The van der Waals surface area contributed by atoms with E-state index in [0.29, 0.717) is 12.2 Å². The summed E-state index contributed by atoms with van der Waals surface area (Å²) >= 11 is 0. The van der Waals surface area contributed by atoms with Gasteiger partial charge in [0.2, 0.25) is 5.91 Å². The molecule has 0 aliphatic heterocycles. The number of carbonyl (C=O) groups is 2. The van der Waals surface area contributed by atoms with Crippen molar-refractivity contribution in [1.82, 2.24) is 15.1 Å². The number of aromatic nitrogens is 2. The normalized spacial score (nSPS) is 14.9. The zero-order valence-corrected chi connectivity index (χ0v) is 17.0. The molecule has 31 heavy (non-hydrogen) atoms. The molecule has 1 fully saturated rings. The summed E-state index contributed by atoms with van der Waals surface area (Å²) in [5.41, 5.74) is 4.88. The maximum absolute atomic E-state index is 13.3. The molecule has 0 atom stereocenters. The number of hydrogen-bond acceptors (Lipinski definition) is 3. The van der Waals surface area contributed by atoms with Crippen molar-refractivity contribution in [1.29, 1.82) is 0 Å². The first-order chi connectivity index (χ1) is 15.1. The molecule has 0 bridgehead atoms. The van der Waals surface area contributed by atoms with E-state index < -0.39 is 0 Å². The molecule has 2 amide bonds. The van der Waals surface area contributed by atoms with Gasteiger partial charge in [-0.1, -0.05) is 12.1 Å². The maximum atomic E-state index is 13.3. The first-order valence-corrected chi connectivity index (χ1v) is 10.6. The topological polar surface area (TPSA) is 76.0 Å². The Morgan fingerprint density at radius 1 is 1.03 bits per heavy atom. The molecule has 2 aliphatic rings. The molecule has 1 saturated carbocycles. The molecular formula is C24H23FN4O2. The molecular weight excluding hydrogens is 395 g/mol. The minimum Gasteiger partial charge on any atom is -0.347 e. The number of carbonyl (C=O) groups excluding carboxylic acids is 2.